The van der Waals surface area contributed by atoms with Crippen LogP contribution in [0, 0.1) is 17.2 Å². The largest absolute Gasteiger partial charge is 0.374 e. The van der Waals surface area contributed by atoms with Crippen LogP contribution >= 0.6 is 0 Å². The van der Waals surface area contributed by atoms with Gasteiger partial charge in [-0.15, -0.1) is 0 Å². The topological polar surface area (TPSA) is 64.9 Å². The number of nitrogens with one attached hydrogen (secondary N) is 2. The van der Waals surface area contributed by atoms with Gasteiger partial charge in [0.2, 0.25) is 5.91 Å². The first-order chi connectivity index (χ1) is 8.52. The van der Waals surface area contributed by atoms with Gasteiger partial charge in [0.25, 0.3) is 0 Å². The number of anilines is 1. The van der Waals surface area contributed by atoms with E-state index < -0.39 is 0 Å². The molecule has 0 saturated heterocycles. The summed E-state index contributed by atoms with van der Waals surface area (Å²) in [5.74, 6) is 0.420. The highest BCUT2D eigenvalue weighted by Gasteiger charge is 2.12. The number of carbonyl (C=O) groups excluding carboxylic acids is 1. The van der Waals surface area contributed by atoms with Gasteiger partial charge >= 0.3 is 0 Å². The van der Waals surface area contributed by atoms with Crippen molar-refractivity contribution in [1.29, 1.82) is 5.26 Å². The van der Waals surface area contributed by atoms with Gasteiger partial charge in [-0.3, -0.25) is 4.79 Å². The fourth-order valence-corrected chi connectivity index (χ4v) is 1.41. The van der Waals surface area contributed by atoms with Crippen molar-refractivity contribution < 1.29 is 4.79 Å². The van der Waals surface area contributed by atoms with Gasteiger partial charge in [0.1, 0.15) is 6.04 Å². The second-order valence-corrected chi connectivity index (χ2v) is 4.69. The zero-order valence-electron chi connectivity index (χ0n) is 11.0. The molecule has 0 radical (unpaired) electrons. The average molecular weight is 245 g/mol. The van der Waals surface area contributed by atoms with Crippen LogP contribution in [0.15, 0.2) is 24.3 Å². The summed E-state index contributed by atoms with van der Waals surface area (Å²) in [6.45, 7) is 6.60. The van der Waals surface area contributed by atoms with Gasteiger partial charge < -0.3 is 10.6 Å². The molecule has 4 nitrogen and oxygen atoms in total. The van der Waals surface area contributed by atoms with Gasteiger partial charge in [-0.25, -0.2) is 0 Å². The molecule has 96 valence electrons. The molecule has 1 aromatic carbocycles. The highest BCUT2D eigenvalue weighted by molar-refractivity contribution is 5.84. The zero-order valence-corrected chi connectivity index (χ0v) is 11.0. The van der Waals surface area contributed by atoms with Crippen molar-refractivity contribution in [2.45, 2.75) is 26.8 Å². The Morgan fingerprint density at radius 3 is 2.39 bits per heavy atom. The van der Waals surface area contributed by atoms with Gasteiger partial charge in [-0.05, 0) is 37.1 Å². The van der Waals surface area contributed by atoms with Gasteiger partial charge in [-0.1, -0.05) is 13.8 Å². The Morgan fingerprint density at radius 2 is 1.89 bits per heavy atom. The average Bonchev–Trinajstić information content (AvgIpc) is 2.36. The van der Waals surface area contributed by atoms with E-state index in [0.717, 1.165) is 5.69 Å². The zero-order chi connectivity index (χ0) is 13.5. The molecule has 18 heavy (non-hydrogen) atoms. The molecule has 4 heteroatoms. The molecule has 1 amide bonds. The summed E-state index contributed by atoms with van der Waals surface area (Å²) in [7, 11) is 0. The van der Waals surface area contributed by atoms with Crippen LogP contribution < -0.4 is 10.6 Å². The maximum absolute atomic E-state index is 11.7. The molecule has 0 aliphatic carbocycles. The SMILES string of the molecule is CC(C)CNC(=O)C(C)Nc1ccc(C#N)cc1. The quantitative estimate of drug-likeness (QED) is 0.835. The summed E-state index contributed by atoms with van der Waals surface area (Å²) in [5, 5.41) is 14.7. The molecule has 1 rings (SSSR count). The number of rotatable bonds is 5. The molecule has 1 aromatic rings. The molecule has 0 fully saturated rings. The van der Waals surface area contributed by atoms with E-state index >= 15 is 0 Å². The van der Waals surface area contributed by atoms with E-state index in [1.165, 1.54) is 0 Å². The second kappa shape index (κ2) is 6.65. The Balaban J connectivity index is 2.50. The smallest absolute Gasteiger partial charge is 0.242 e. The maximum Gasteiger partial charge on any atom is 0.242 e. The Labute approximate surface area is 108 Å². The van der Waals surface area contributed by atoms with Crippen molar-refractivity contribution >= 4 is 11.6 Å². The monoisotopic (exact) mass is 245 g/mol. The third kappa shape index (κ3) is 4.46. The maximum atomic E-state index is 11.7. The lowest BCUT2D eigenvalue weighted by atomic mass is 10.2. The molecule has 0 saturated carbocycles. The third-order valence-corrected chi connectivity index (χ3v) is 2.47. The predicted octanol–water partition coefficient (Wildman–Crippen LogP) is 2.13. The molecule has 0 bridgehead atoms. The minimum atomic E-state index is -0.295. The molecule has 0 aromatic heterocycles. The van der Waals surface area contributed by atoms with Gasteiger partial charge in [0, 0.05) is 12.2 Å². The highest BCUT2D eigenvalue weighted by atomic mass is 16.2. The van der Waals surface area contributed by atoms with Crippen molar-refractivity contribution in [1.82, 2.24) is 5.32 Å². The predicted molar refractivity (Wildman–Crippen MR) is 72.1 cm³/mol. The van der Waals surface area contributed by atoms with E-state index in [9.17, 15) is 4.79 Å². The molecule has 1 unspecified atom stereocenters. The number of benzene rings is 1. The molecule has 1 atom stereocenters. The Kier molecular flexibility index (Phi) is 5.19. The molecule has 0 spiro atoms. The van der Waals surface area contributed by atoms with E-state index in [4.69, 9.17) is 5.26 Å². The first-order valence-electron chi connectivity index (χ1n) is 6.07. The van der Waals surface area contributed by atoms with Crippen LogP contribution in [0.3, 0.4) is 0 Å². The van der Waals surface area contributed by atoms with Crippen molar-refractivity contribution in [3.8, 4) is 6.07 Å². The van der Waals surface area contributed by atoms with E-state index in [0.29, 0.717) is 18.0 Å². The van der Waals surface area contributed by atoms with Crippen LogP contribution in [0.25, 0.3) is 0 Å². The number of amides is 1. The van der Waals surface area contributed by atoms with Crippen LogP contribution in [0.1, 0.15) is 26.3 Å². The number of nitrogens with zero attached hydrogens (tertiary/aromatic N) is 1. The van der Waals surface area contributed by atoms with Gasteiger partial charge in [0.15, 0.2) is 0 Å². The van der Waals surface area contributed by atoms with Gasteiger partial charge in [-0.2, -0.15) is 5.26 Å². The lowest BCUT2D eigenvalue weighted by Gasteiger charge is -2.16. The lowest BCUT2D eigenvalue weighted by Crippen LogP contribution is -2.39. The molecular weight excluding hydrogens is 226 g/mol. The van der Waals surface area contributed by atoms with Crippen molar-refractivity contribution in [3.05, 3.63) is 29.8 Å². The summed E-state index contributed by atoms with van der Waals surface area (Å²) in [5.41, 5.74) is 1.44. The highest BCUT2D eigenvalue weighted by Crippen LogP contribution is 2.10. The number of carbonyl (C=O) groups is 1. The Morgan fingerprint density at radius 1 is 1.28 bits per heavy atom. The van der Waals surface area contributed by atoms with Crippen LogP contribution in [-0.4, -0.2) is 18.5 Å². The van der Waals surface area contributed by atoms with Crippen LogP contribution in [0.4, 0.5) is 5.69 Å². The minimum absolute atomic E-state index is 0.0203. The molecule has 0 heterocycles. The Bertz CT molecular complexity index is 431. The van der Waals surface area contributed by atoms with Gasteiger partial charge in [0.05, 0.1) is 11.6 Å². The lowest BCUT2D eigenvalue weighted by molar-refractivity contribution is -0.121. The molecule has 0 aliphatic heterocycles. The van der Waals surface area contributed by atoms with E-state index in [1.54, 1.807) is 24.3 Å². The Hall–Kier alpha value is -2.02. The third-order valence-electron chi connectivity index (χ3n) is 2.47. The van der Waals surface area contributed by atoms with Crippen molar-refractivity contribution in [3.63, 3.8) is 0 Å². The summed E-state index contributed by atoms with van der Waals surface area (Å²) in [6.07, 6.45) is 0. The van der Waals surface area contributed by atoms with Crippen LogP contribution in [-0.2, 0) is 4.79 Å². The molecule has 0 aliphatic rings. The summed E-state index contributed by atoms with van der Waals surface area (Å²) in [4.78, 5) is 11.7. The standard InChI is InChI=1S/C14H19N3O/c1-10(2)9-16-14(18)11(3)17-13-6-4-12(8-15)5-7-13/h4-7,10-11,17H,9H2,1-3H3,(H,16,18). The first kappa shape index (κ1) is 14.0. The summed E-state index contributed by atoms with van der Waals surface area (Å²) >= 11 is 0. The minimum Gasteiger partial charge on any atom is -0.374 e. The van der Waals surface area contributed by atoms with Crippen molar-refractivity contribution in [2.24, 2.45) is 5.92 Å². The number of nitriles is 1. The summed E-state index contributed by atoms with van der Waals surface area (Å²) in [6, 6.07) is 8.80. The normalized spacial score (nSPS) is 11.7. The number of hydrogen-bond donors (Lipinski definition) is 2. The number of hydrogen-bond acceptors (Lipinski definition) is 3. The molecule has 2 N–H and O–H groups in total. The van der Waals surface area contributed by atoms with E-state index in [1.807, 2.05) is 6.92 Å². The van der Waals surface area contributed by atoms with Crippen LogP contribution in [0.5, 0.6) is 0 Å². The second-order valence-electron chi connectivity index (χ2n) is 4.69. The van der Waals surface area contributed by atoms with E-state index in [2.05, 4.69) is 30.6 Å². The van der Waals surface area contributed by atoms with E-state index in [-0.39, 0.29) is 11.9 Å². The van der Waals surface area contributed by atoms with Crippen molar-refractivity contribution in [2.75, 3.05) is 11.9 Å². The summed E-state index contributed by atoms with van der Waals surface area (Å²) < 4.78 is 0. The molecular formula is C14H19N3O. The fraction of sp³-hybridized carbons (Fsp3) is 0.429. The fourth-order valence-electron chi connectivity index (χ4n) is 1.41. The van der Waals surface area contributed by atoms with Crippen LogP contribution in [0.2, 0.25) is 0 Å². The first-order valence-corrected chi connectivity index (χ1v) is 6.07.